The molecule has 0 bridgehead atoms. The summed E-state index contributed by atoms with van der Waals surface area (Å²) in [6.07, 6.45) is 14.8. The van der Waals surface area contributed by atoms with Crippen molar-refractivity contribution in [1.82, 2.24) is 0 Å². The third-order valence-corrected chi connectivity index (χ3v) is 17.1. The summed E-state index contributed by atoms with van der Waals surface area (Å²) in [6.45, 7) is 12.6. The number of hydrogen-bond acceptors (Lipinski definition) is 9. The van der Waals surface area contributed by atoms with Crippen molar-refractivity contribution in [3.8, 4) is 28.7 Å². The first kappa shape index (κ1) is 42.5. The first-order valence-corrected chi connectivity index (χ1v) is 23.8. The predicted octanol–water partition coefficient (Wildman–Crippen LogP) is 13.3. The van der Waals surface area contributed by atoms with Crippen molar-refractivity contribution in [2.45, 2.75) is 117 Å². The Balaban J connectivity index is 0.912. The molecule has 334 valence electrons. The van der Waals surface area contributed by atoms with Gasteiger partial charge in [0.1, 0.15) is 34.3 Å². The zero-order valence-electron chi connectivity index (χ0n) is 37.8. The standard InChI is InChI=1S/C55H60O9/c1-32(2)8-6-9-33(3)46-22-23-47-43-19-14-35-31-55(27-26-53(35,4)48(43)24-25-54(46,47)5,34-12-15-36(16-13-34)60-38-17-20-41-44(29-38)51(58)62-49(41)56)64-40-11-7-10-37(28-40)61-39-18-21-42-45(30-39)52(59)63-50(42)57/h7,10-13,15-18,20-21,28-30,32-33,35,43,46-48H,6,8-9,14,19,22-27,31H2,1-5H3. The van der Waals surface area contributed by atoms with Crippen molar-refractivity contribution in [3.05, 3.63) is 113 Å². The van der Waals surface area contributed by atoms with Crippen LogP contribution < -0.4 is 14.2 Å². The van der Waals surface area contributed by atoms with E-state index in [1.54, 1.807) is 36.4 Å². The number of fused-ring (bicyclic) bond motifs is 7. The summed E-state index contributed by atoms with van der Waals surface area (Å²) in [5.41, 5.74) is 1.98. The highest BCUT2D eigenvalue weighted by Gasteiger charge is 2.62. The van der Waals surface area contributed by atoms with Crippen LogP contribution in [-0.4, -0.2) is 23.9 Å². The molecule has 9 nitrogen and oxygen atoms in total. The number of benzene rings is 4. The van der Waals surface area contributed by atoms with Crippen LogP contribution in [-0.2, 0) is 15.1 Å². The van der Waals surface area contributed by atoms with E-state index in [-0.39, 0.29) is 27.7 Å². The topological polar surface area (TPSA) is 114 Å². The van der Waals surface area contributed by atoms with Gasteiger partial charge in [-0.2, -0.15) is 0 Å². The molecule has 64 heavy (non-hydrogen) atoms. The van der Waals surface area contributed by atoms with Crippen LogP contribution in [0.25, 0.3) is 0 Å². The van der Waals surface area contributed by atoms with Crippen LogP contribution in [0, 0.1) is 52.3 Å². The van der Waals surface area contributed by atoms with E-state index in [2.05, 4.69) is 46.8 Å². The first-order chi connectivity index (χ1) is 30.7. The lowest BCUT2D eigenvalue weighted by Crippen LogP contribution is -2.56. The van der Waals surface area contributed by atoms with Gasteiger partial charge < -0.3 is 23.7 Å². The fourth-order valence-corrected chi connectivity index (χ4v) is 13.9. The number of carbonyl (C=O) groups excluding carboxylic acids is 4. The van der Waals surface area contributed by atoms with Gasteiger partial charge in [0.2, 0.25) is 0 Å². The minimum Gasteiger partial charge on any atom is -0.482 e. The average Bonchev–Trinajstić information content (AvgIpc) is 3.88. The van der Waals surface area contributed by atoms with Gasteiger partial charge in [0.15, 0.2) is 0 Å². The molecule has 9 heteroatoms. The van der Waals surface area contributed by atoms with E-state index in [4.69, 9.17) is 23.7 Å². The molecule has 6 aliphatic rings. The van der Waals surface area contributed by atoms with Crippen molar-refractivity contribution in [3.63, 3.8) is 0 Å². The summed E-state index contributed by atoms with van der Waals surface area (Å²) in [5.74, 6) is 5.24. The largest absolute Gasteiger partial charge is 0.482 e. The average molecular weight is 865 g/mol. The minimum absolute atomic E-state index is 0.192. The number of ether oxygens (including phenoxy) is 5. The molecule has 0 spiro atoms. The molecule has 10 rings (SSSR count). The van der Waals surface area contributed by atoms with Crippen LogP contribution in [0.3, 0.4) is 0 Å². The van der Waals surface area contributed by atoms with E-state index in [9.17, 15) is 19.2 Å². The van der Waals surface area contributed by atoms with Gasteiger partial charge in [0, 0.05) is 6.07 Å². The Morgan fingerprint density at radius 3 is 1.84 bits per heavy atom. The van der Waals surface area contributed by atoms with Crippen molar-refractivity contribution < 1.29 is 42.9 Å². The summed E-state index contributed by atoms with van der Waals surface area (Å²) in [4.78, 5) is 48.7. The maximum atomic E-state index is 12.3. The van der Waals surface area contributed by atoms with Gasteiger partial charge in [-0.25, -0.2) is 19.2 Å². The smallest absolute Gasteiger partial charge is 0.347 e. The minimum atomic E-state index is -0.676. The maximum Gasteiger partial charge on any atom is 0.347 e. The van der Waals surface area contributed by atoms with Gasteiger partial charge in [0.05, 0.1) is 22.3 Å². The summed E-state index contributed by atoms with van der Waals surface area (Å²) in [7, 11) is 0. The number of rotatable bonds is 12. The van der Waals surface area contributed by atoms with Crippen molar-refractivity contribution in [2.75, 3.05) is 0 Å². The second-order valence-electron chi connectivity index (χ2n) is 21.0. The molecule has 4 aliphatic carbocycles. The normalized spacial score (nSPS) is 30.7. The van der Waals surface area contributed by atoms with Crippen LogP contribution in [0.4, 0.5) is 0 Å². The van der Waals surface area contributed by atoms with Gasteiger partial charge in [-0.3, -0.25) is 0 Å². The quantitative estimate of drug-likeness (QED) is 0.101. The Labute approximate surface area is 376 Å². The van der Waals surface area contributed by atoms with Gasteiger partial charge in [-0.15, -0.1) is 0 Å². The molecule has 0 radical (unpaired) electrons. The van der Waals surface area contributed by atoms with Crippen LogP contribution in [0.2, 0.25) is 0 Å². The third-order valence-electron chi connectivity index (χ3n) is 17.1. The van der Waals surface area contributed by atoms with Gasteiger partial charge >= 0.3 is 23.9 Å². The van der Waals surface area contributed by atoms with E-state index in [0.29, 0.717) is 46.0 Å². The highest BCUT2D eigenvalue weighted by atomic mass is 16.6. The number of carbonyl (C=O) groups is 4. The molecule has 2 heterocycles. The van der Waals surface area contributed by atoms with Crippen LogP contribution >= 0.6 is 0 Å². The van der Waals surface area contributed by atoms with E-state index in [0.717, 1.165) is 54.4 Å². The molecule has 4 fully saturated rings. The second-order valence-corrected chi connectivity index (χ2v) is 21.0. The summed E-state index contributed by atoms with van der Waals surface area (Å²) >= 11 is 0. The highest BCUT2D eigenvalue weighted by molar-refractivity contribution is 6.15. The van der Waals surface area contributed by atoms with Gasteiger partial charge in [-0.1, -0.05) is 72.1 Å². The van der Waals surface area contributed by atoms with E-state index < -0.39 is 29.5 Å². The predicted molar refractivity (Wildman–Crippen MR) is 241 cm³/mol. The Bertz CT molecular complexity index is 2510. The molecule has 9 unspecified atom stereocenters. The molecule has 4 aromatic rings. The highest BCUT2D eigenvalue weighted by Crippen LogP contribution is 2.69. The third kappa shape index (κ3) is 7.40. The van der Waals surface area contributed by atoms with E-state index in [1.807, 2.05) is 36.4 Å². The molecule has 0 N–H and O–H groups in total. The number of esters is 4. The van der Waals surface area contributed by atoms with Crippen molar-refractivity contribution in [2.24, 2.45) is 52.3 Å². The molecule has 0 saturated heterocycles. The second kappa shape index (κ2) is 16.2. The fraction of sp³-hybridized carbons (Fsp3) is 0.491. The zero-order valence-corrected chi connectivity index (χ0v) is 37.8. The van der Waals surface area contributed by atoms with Crippen LogP contribution in [0.5, 0.6) is 28.7 Å². The molecular weight excluding hydrogens is 805 g/mol. The summed E-state index contributed by atoms with van der Waals surface area (Å²) in [5, 5.41) is 0. The molecular formula is C55H60O9. The van der Waals surface area contributed by atoms with Crippen LogP contribution in [0.15, 0.2) is 84.9 Å². The van der Waals surface area contributed by atoms with Crippen molar-refractivity contribution >= 4 is 23.9 Å². The summed E-state index contributed by atoms with van der Waals surface area (Å²) < 4.78 is 29.4. The van der Waals surface area contributed by atoms with Gasteiger partial charge in [0.25, 0.3) is 0 Å². The lowest BCUT2D eigenvalue weighted by Gasteiger charge is -2.62. The molecule has 0 amide bonds. The summed E-state index contributed by atoms with van der Waals surface area (Å²) in [6, 6.07) is 25.3. The molecule has 4 saturated carbocycles. The van der Waals surface area contributed by atoms with Crippen molar-refractivity contribution in [1.29, 1.82) is 0 Å². The lowest BCUT2D eigenvalue weighted by molar-refractivity contribution is -0.148. The molecule has 9 atom stereocenters. The lowest BCUT2D eigenvalue weighted by atomic mass is 9.43. The Hall–Kier alpha value is -5.44. The molecule has 4 aromatic carbocycles. The monoisotopic (exact) mass is 864 g/mol. The maximum absolute atomic E-state index is 12.3. The number of hydrogen-bond donors (Lipinski definition) is 0. The SMILES string of the molecule is CC(C)CCCC(C)C1CCC2C3CCC4CC(Oc5cccc(Oc6ccc7c(c6)C(=O)OC7=O)c5)(c5ccc(Oc6ccc7c(c6)C(=O)OC7=O)cc5)CCC4(C)C3CCC12C. The fourth-order valence-electron chi connectivity index (χ4n) is 13.9. The number of cyclic esters (lactones) is 4. The molecule has 0 aromatic heterocycles. The van der Waals surface area contributed by atoms with Gasteiger partial charge in [-0.05, 0) is 176 Å². The zero-order chi connectivity index (χ0) is 44.5. The van der Waals surface area contributed by atoms with E-state index >= 15 is 0 Å². The molecule has 2 aliphatic heterocycles. The van der Waals surface area contributed by atoms with E-state index in [1.165, 1.54) is 57.8 Å². The Morgan fingerprint density at radius 1 is 0.578 bits per heavy atom. The Kier molecular flexibility index (Phi) is 10.8. The first-order valence-electron chi connectivity index (χ1n) is 23.8. The Morgan fingerprint density at radius 2 is 1.17 bits per heavy atom. The van der Waals surface area contributed by atoms with Crippen LogP contribution in [0.1, 0.15) is 159 Å².